The molecule has 4 nitrogen and oxygen atoms in total. The van der Waals surface area contributed by atoms with Gasteiger partial charge in [-0.15, -0.1) is 0 Å². The first-order chi connectivity index (χ1) is 7.63. The zero-order valence-corrected chi connectivity index (χ0v) is 11.6. The number of ether oxygens (including phenoxy) is 1. The molecular weight excluding hydrogens is 218 g/mol. The van der Waals surface area contributed by atoms with Crippen LogP contribution in [-0.2, 0) is 9.53 Å². The molecule has 0 heterocycles. The fourth-order valence-electron chi connectivity index (χ4n) is 1.15. The van der Waals surface area contributed by atoms with Crippen molar-refractivity contribution in [3.63, 3.8) is 0 Å². The fraction of sp³-hybridized carbons (Fsp3) is 0.692. The Morgan fingerprint density at radius 1 is 1.29 bits per heavy atom. The van der Waals surface area contributed by atoms with Crippen molar-refractivity contribution in [1.29, 1.82) is 0 Å². The van der Waals surface area contributed by atoms with Crippen molar-refractivity contribution in [2.75, 3.05) is 6.54 Å². The summed E-state index contributed by atoms with van der Waals surface area (Å²) in [5.41, 5.74) is -0.505. The Morgan fingerprint density at radius 3 is 2.18 bits per heavy atom. The molecule has 0 aromatic carbocycles. The average Bonchev–Trinajstić information content (AvgIpc) is 2.07. The third-order valence-corrected chi connectivity index (χ3v) is 1.91. The molecule has 0 radical (unpaired) electrons. The van der Waals surface area contributed by atoms with E-state index < -0.39 is 5.60 Å². The van der Waals surface area contributed by atoms with E-state index in [0.29, 0.717) is 6.54 Å². The molecular formula is C13H23NO3. The molecule has 0 saturated heterocycles. The third-order valence-electron chi connectivity index (χ3n) is 1.91. The minimum Gasteiger partial charge on any atom is -0.444 e. The van der Waals surface area contributed by atoms with Gasteiger partial charge in [0.2, 0.25) is 0 Å². The Labute approximate surface area is 104 Å². The van der Waals surface area contributed by atoms with E-state index in [1.807, 2.05) is 34.6 Å². The SMILES string of the molecule is CC(=O)/C=C/CN(C(=O)OC(C)(C)C)C(C)C. The number of hydrogen-bond donors (Lipinski definition) is 0. The van der Waals surface area contributed by atoms with Gasteiger partial charge in [0.05, 0.1) is 0 Å². The first kappa shape index (κ1) is 15.7. The molecule has 0 aromatic heterocycles. The Kier molecular flexibility index (Phi) is 5.93. The number of carbonyl (C=O) groups is 2. The van der Waals surface area contributed by atoms with Crippen molar-refractivity contribution in [1.82, 2.24) is 4.90 Å². The van der Waals surface area contributed by atoms with Crippen molar-refractivity contribution in [3.8, 4) is 0 Å². The zero-order valence-electron chi connectivity index (χ0n) is 11.6. The Hall–Kier alpha value is -1.32. The highest BCUT2D eigenvalue weighted by Gasteiger charge is 2.23. The van der Waals surface area contributed by atoms with Crippen molar-refractivity contribution >= 4 is 11.9 Å². The molecule has 0 aliphatic rings. The van der Waals surface area contributed by atoms with Crippen LogP contribution in [0.4, 0.5) is 4.79 Å². The molecule has 0 unspecified atom stereocenters. The fourth-order valence-corrected chi connectivity index (χ4v) is 1.15. The summed E-state index contributed by atoms with van der Waals surface area (Å²) in [4.78, 5) is 24.2. The molecule has 98 valence electrons. The summed E-state index contributed by atoms with van der Waals surface area (Å²) < 4.78 is 5.29. The van der Waals surface area contributed by atoms with Crippen molar-refractivity contribution in [2.45, 2.75) is 53.2 Å². The lowest BCUT2D eigenvalue weighted by Crippen LogP contribution is -2.41. The van der Waals surface area contributed by atoms with E-state index >= 15 is 0 Å². The van der Waals surface area contributed by atoms with Crippen LogP contribution in [0.1, 0.15) is 41.5 Å². The van der Waals surface area contributed by atoms with Crippen LogP contribution in [0.5, 0.6) is 0 Å². The quantitative estimate of drug-likeness (QED) is 0.711. The second kappa shape index (κ2) is 6.42. The highest BCUT2D eigenvalue weighted by Crippen LogP contribution is 2.11. The number of nitrogens with zero attached hydrogens (tertiary/aromatic N) is 1. The smallest absolute Gasteiger partial charge is 0.410 e. The van der Waals surface area contributed by atoms with E-state index in [1.165, 1.54) is 13.0 Å². The highest BCUT2D eigenvalue weighted by molar-refractivity contribution is 5.87. The maximum absolute atomic E-state index is 11.9. The van der Waals surface area contributed by atoms with Crippen LogP contribution in [0.3, 0.4) is 0 Å². The largest absolute Gasteiger partial charge is 0.444 e. The van der Waals surface area contributed by atoms with E-state index in [2.05, 4.69) is 0 Å². The number of hydrogen-bond acceptors (Lipinski definition) is 3. The van der Waals surface area contributed by atoms with E-state index in [0.717, 1.165) is 0 Å². The standard InChI is InChI=1S/C13H23NO3/c1-10(2)14(9-7-8-11(3)15)12(16)17-13(4,5)6/h7-8,10H,9H2,1-6H3/b8-7+. The van der Waals surface area contributed by atoms with Crippen LogP contribution in [-0.4, -0.2) is 35.0 Å². The predicted molar refractivity (Wildman–Crippen MR) is 67.9 cm³/mol. The van der Waals surface area contributed by atoms with Gasteiger partial charge in [-0.1, -0.05) is 6.08 Å². The molecule has 17 heavy (non-hydrogen) atoms. The molecule has 0 spiro atoms. The summed E-state index contributed by atoms with van der Waals surface area (Å²) >= 11 is 0. The molecule has 0 atom stereocenters. The van der Waals surface area contributed by atoms with Gasteiger partial charge in [0, 0.05) is 12.6 Å². The lowest BCUT2D eigenvalue weighted by atomic mass is 10.2. The molecule has 0 aliphatic heterocycles. The molecule has 0 saturated carbocycles. The lowest BCUT2D eigenvalue weighted by Gasteiger charge is -2.29. The summed E-state index contributed by atoms with van der Waals surface area (Å²) in [6.07, 6.45) is 2.77. The van der Waals surface area contributed by atoms with Crippen molar-refractivity contribution in [3.05, 3.63) is 12.2 Å². The molecule has 0 aromatic rings. The summed E-state index contributed by atoms with van der Waals surface area (Å²) in [6, 6.07) is 0.0291. The molecule has 0 fully saturated rings. The van der Waals surface area contributed by atoms with E-state index in [9.17, 15) is 9.59 Å². The molecule has 1 amide bonds. The third kappa shape index (κ3) is 7.55. The predicted octanol–water partition coefficient (Wildman–Crippen LogP) is 2.78. The van der Waals surface area contributed by atoms with E-state index in [-0.39, 0.29) is 17.9 Å². The molecule has 0 aliphatic carbocycles. The molecule has 0 N–H and O–H groups in total. The summed E-state index contributed by atoms with van der Waals surface area (Å²) in [5, 5.41) is 0. The highest BCUT2D eigenvalue weighted by atomic mass is 16.6. The van der Waals surface area contributed by atoms with Crippen LogP contribution < -0.4 is 0 Å². The van der Waals surface area contributed by atoms with Gasteiger partial charge < -0.3 is 9.64 Å². The minimum atomic E-state index is -0.505. The number of carbonyl (C=O) groups excluding carboxylic acids is 2. The van der Waals surface area contributed by atoms with Gasteiger partial charge >= 0.3 is 6.09 Å². The van der Waals surface area contributed by atoms with Gasteiger partial charge in [-0.2, -0.15) is 0 Å². The second-order valence-electron chi connectivity index (χ2n) is 5.24. The van der Waals surface area contributed by atoms with Crippen LogP contribution in [0.25, 0.3) is 0 Å². The van der Waals surface area contributed by atoms with Gasteiger partial charge in [-0.25, -0.2) is 4.79 Å². The summed E-state index contributed by atoms with van der Waals surface area (Å²) in [6.45, 7) is 11.2. The van der Waals surface area contributed by atoms with Gasteiger partial charge in [0.1, 0.15) is 5.60 Å². The van der Waals surface area contributed by atoms with Gasteiger partial charge in [-0.05, 0) is 47.6 Å². The number of allylic oxidation sites excluding steroid dienone is 1. The summed E-state index contributed by atoms with van der Waals surface area (Å²) in [7, 11) is 0. The minimum absolute atomic E-state index is 0.0291. The van der Waals surface area contributed by atoms with Crippen molar-refractivity contribution in [2.24, 2.45) is 0 Å². The Balaban J connectivity index is 4.53. The van der Waals surface area contributed by atoms with Crippen LogP contribution in [0, 0.1) is 0 Å². The maximum Gasteiger partial charge on any atom is 0.410 e. The number of rotatable bonds is 4. The first-order valence-electron chi connectivity index (χ1n) is 5.80. The maximum atomic E-state index is 11.9. The summed E-state index contributed by atoms with van der Waals surface area (Å²) in [5.74, 6) is -0.0297. The normalized spacial score (nSPS) is 11.9. The van der Waals surface area contributed by atoms with Crippen LogP contribution in [0.15, 0.2) is 12.2 Å². The zero-order chi connectivity index (χ0) is 13.6. The lowest BCUT2D eigenvalue weighted by molar-refractivity contribution is -0.112. The van der Waals surface area contributed by atoms with Gasteiger partial charge in [0.15, 0.2) is 5.78 Å². The van der Waals surface area contributed by atoms with E-state index in [1.54, 1.807) is 11.0 Å². The topological polar surface area (TPSA) is 46.6 Å². The number of ketones is 1. The Bertz CT molecular complexity index is 300. The molecule has 0 bridgehead atoms. The number of amides is 1. The second-order valence-corrected chi connectivity index (χ2v) is 5.24. The van der Waals surface area contributed by atoms with Crippen LogP contribution >= 0.6 is 0 Å². The average molecular weight is 241 g/mol. The monoisotopic (exact) mass is 241 g/mol. The Morgan fingerprint density at radius 2 is 1.82 bits per heavy atom. The van der Waals surface area contributed by atoms with Crippen LogP contribution in [0.2, 0.25) is 0 Å². The van der Waals surface area contributed by atoms with Gasteiger partial charge in [0.25, 0.3) is 0 Å². The first-order valence-corrected chi connectivity index (χ1v) is 5.80. The van der Waals surface area contributed by atoms with E-state index in [4.69, 9.17) is 4.74 Å². The van der Waals surface area contributed by atoms with Gasteiger partial charge in [-0.3, -0.25) is 4.79 Å². The van der Waals surface area contributed by atoms with Crippen molar-refractivity contribution < 1.29 is 14.3 Å². The molecule has 4 heteroatoms. The molecule has 0 rings (SSSR count).